The van der Waals surface area contributed by atoms with E-state index in [0.717, 1.165) is 0 Å². The quantitative estimate of drug-likeness (QED) is 0.446. The Balaban J connectivity index is -0.000000125. The van der Waals surface area contributed by atoms with Crippen LogP contribution in [0.2, 0.25) is 0 Å². The minimum Gasteiger partial charge on any atom is -0.389 e. The normalized spacial score (nSPS) is 9.00. The van der Waals surface area contributed by atoms with Crippen LogP contribution in [0, 0.1) is 0 Å². The van der Waals surface area contributed by atoms with Crippen LogP contribution in [0.1, 0.15) is 13.8 Å². The van der Waals surface area contributed by atoms with Crippen molar-refractivity contribution in [2.45, 2.75) is 19.4 Å². The van der Waals surface area contributed by atoms with Crippen molar-refractivity contribution in [2.24, 2.45) is 5.73 Å². The van der Waals surface area contributed by atoms with Crippen LogP contribution in [0.15, 0.2) is 0 Å². The summed E-state index contributed by atoms with van der Waals surface area (Å²) in [4.78, 5) is 0. The third kappa shape index (κ3) is 16.2. The monoisotopic (exact) mass is 140 g/mol. The van der Waals surface area contributed by atoms with E-state index in [4.69, 9.17) is 10.8 Å². The Morgan fingerprint density at radius 1 is 1.50 bits per heavy atom. The SMILES string of the molecule is CC(C)(O)CN.N.P. The number of hydrogen-bond acceptors (Lipinski definition) is 3. The van der Waals surface area contributed by atoms with E-state index in [1.165, 1.54) is 0 Å². The summed E-state index contributed by atoms with van der Waals surface area (Å²) in [5.74, 6) is 0. The second-order valence-electron chi connectivity index (χ2n) is 2.02. The first kappa shape index (κ1) is 15.7. The van der Waals surface area contributed by atoms with Crippen molar-refractivity contribution in [3.05, 3.63) is 0 Å². The van der Waals surface area contributed by atoms with Crippen molar-refractivity contribution >= 4 is 9.90 Å². The van der Waals surface area contributed by atoms with E-state index in [-0.39, 0.29) is 16.0 Å². The fourth-order valence-electron chi connectivity index (χ4n) is 0. The van der Waals surface area contributed by atoms with Gasteiger partial charge in [0.05, 0.1) is 5.60 Å². The van der Waals surface area contributed by atoms with E-state index < -0.39 is 5.60 Å². The van der Waals surface area contributed by atoms with Crippen LogP contribution in [-0.2, 0) is 0 Å². The topological polar surface area (TPSA) is 81.2 Å². The van der Waals surface area contributed by atoms with Gasteiger partial charge in [-0.1, -0.05) is 0 Å². The van der Waals surface area contributed by atoms with Crippen molar-refractivity contribution < 1.29 is 5.11 Å². The molecule has 0 aromatic rings. The maximum Gasteiger partial charge on any atom is 0.0713 e. The molecule has 0 spiro atoms. The largest absolute Gasteiger partial charge is 0.389 e. The highest BCUT2D eigenvalue weighted by atomic mass is 31.0. The molecular formula is C4H17N2OP. The zero-order chi connectivity index (χ0) is 5.21. The highest BCUT2D eigenvalue weighted by molar-refractivity contribution is 6.92. The fourth-order valence-corrected chi connectivity index (χ4v) is 0. The van der Waals surface area contributed by atoms with Crippen molar-refractivity contribution in [1.29, 1.82) is 0 Å². The number of hydrogen-bond donors (Lipinski definition) is 3. The third-order valence-electron chi connectivity index (χ3n) is 0.500. The third-order valence-corrected chi connectivity index (χ3v) is 0.500. The van der Waals surface area contributed by atoms with Gasteiger partial charge in [0.2, 0.25) is 0 Å². The summed E-state index contributed by atoms with van der Waals surface area (Å²) >= 11 is 0. The predicted octanol–water partition coefficient (Wildman–Crippen LogP) is -0.0639. The van der Waals surface area contributed by atoms with E-state index in [9.17, 15) is 0 Å². The minimum atomic E-state index is -0.681. The van der Waals surface area contributed by atoms with Crippen LogP contribution < -0.4 is 11.9 Å². The summed E-state index contributed by atoms with van der Waals surface area (Å²) in [6.45, 7) is 3.67. The van der Waals surface area contributed by atoms with Crippen LogP contribution in [0.5, 0.6) is 0 Å². The molecule has 0 aromatic heterocycles. The molecule has 6 N–H and O–H groups in total. The van der Waals surface area contributed by atoms with Gasteiger partial charge in [-0.05, 0) is 13.8 Å². The van der Waals surface area contributed by atoms with Crippen LogP contribution in [0.4, 0.5) is 0 Å². The first-order valence-corrected chi connectivity index (χ1v) is 1.99. The molecule has 0 saturated heterocycles. The van der Waals surface area contributed by atoms with Gasteiger partial charge in [-0.3, -0.25) is 0 Å². The molecule has 4 heteroatoms. The summed E-state index contributed by atoms with van der Waals surface area (Å²) in [5.41, 5.74) is 4.38. The van der Waals surface area contributed by atoms with Gasteiger partial charge in [0.1, 0.15) is 0 Å². The van der Waals surface area contributed by atoms with Gasteiger partial charge in [0.15, 0.2) is 0 Å². The van der Waals surface area contributed by atoms with E-state index in [2.05, 4.69) is 0 Å². The fraction of sp³-hybridized carbons (Fsp3) is 1.00. The summed E-state index contributed by atoms with van der Waals surface area (Å²) < 4.78 is 0. The molecule has 0 aliphatic heterocycles. The standard InChI is InChI=1S/C4H11NO.H3N.H3P/c1-4(2,6)3-5;;/h6H,3,5H2,1-2H3;2*1H3. The van der Waals surface area contributed by atoms with E-state index in [1.807, 2.05) is 0 Å². The van der Waals surface area contributed by atoms with E-state index in [1.54, 1.807) is 13.8 Å². The highest BCUT2D eigenvalue weighted by Crippen LogP contribution is 1.93. The molecule has 1 atom stereocenters. The Hall–Kier alpha value is 0.310. The van der Waals surface area contributed by atoms with Crippen LogP contribution >= 0.6 is 9.90 Å². The van der Waals surface area contributed by atoms with Gasteiger partial charge < -0.3 is 17.0 Å². The minimum absolute atomic E-state index is 0. The Labute approximate surface area is 53.9 Å². The number of rotatable bonds is 1. The molecule has 1 unspecified atom stereocenters. The summed E-state index contributed by atoms with van der Waals surface area (Å²) in [5, 5.41) is 8.70. The molecule has 3 nitrogen and oxygen atoms in total. The van der Waals surface area contributed by atoms with Gasteiger partial charge in [0.25, 0.3) is 0 Å². The molecule has 0 bridgehead atoms. The smallest absolute Gasteiger partial charge is 0.0713 e. The van der Waals surface area contributed by atoms with Crippen molar-refractivity contribution in [3.8, 4) is 0 Å². The second kappa shape index (κ2) is 5.45. The molecule has 54 valence electrons. The Morgan fingerprint density at radius 2 is 1.62 bits per heavy atom. The summed E-state index contributed by atoms with van der Waals surface area (Å²) in [7, 11) is 0. The Bertz CT molecular complexity index is 43.8. The van der Waals surface area contributed by atoms with Crippen LogP contribution in [0.3, 0.4) is 0 Å². The average molecular weight is 140 g/mol. The Morgan fingerprint density at radius 3 is 1.62 bits per heavy atom. The van der Waals surface area contributed by atoms with Crippen LogP contribution in [-0.4, -0.2) is 17.3 Å². The lowest BCUT2D eigenvalue weighted by Crippen LogP contribution is -2.29. The van der Waals surface area contributed by atoms with E-state index in [0.29, 0.717) is 6.54 Å². The van der Waals surface area contributed by atoms with Gasteiger partial charge >= 0.3 is 0 Å². The van der Waals surface area contributed by atoms with E-state index >= 15 is 0 Å². The first-order chi connectivity index (χ1) is 2.56. The maximum atomic E-state index is 8.70. The van der Waals surface area contributed by atoms with Gasteiger partial charge in [-0.25, -0.2) is 0 Å². The molecule has 0 aromatic carbocycles. The lowest BCUT2D eigenvalue weighted by molar-refractivity contribution is 0.0898. The summed E-state index contributed by atoms with van der Waals surface area (Å²) in [6.07, 6.45) is 0. The molecule has 0 fully saturated rings. The number of aliphatic hydroxyl groups is 1. The predicted molar refractivity (Wildman–Crippen MR) is 41.5 cm³/mol. The highest BCUT2D eigenvalue weighted by Gasteiger charge is 2.06. The number of nitrogens with two attached hydrogens (primary N) is 1. The molecule has 8 heavy (non-hydrogen) atoms. The lowest BCUT2D eigenvalue weighted by Gasteiger charge is -2.11. The van der Waals surface area contributed by atoms with Crippen molar-refractivity contribution in [1.82, 2.24) is 6.15 Å². The summed E-state index contributed by atoms with van der Waals surface area (Å²) in [6, 6.07) is 0. The van der Waals surface area contributed by atoms with Gasteiger partial charge in [-0.2, -0.15) is 9.90 Å². The zero-order valence-electron chi connectivity index (χ0n) is 5.65. The van der Waals surface area contributed by atoms with Gasteiger partial charge in [-0.15, -0.1) is 0 Å². The molecule has 0 amide bonds. The maximum absolute atomic E-state index is 8.70. The molecule has 0 aliphatic rings. The molecule has 0 heterocycles. The van der Waals surface area contributed by atoms with Crippen molar-refractivity contribution in [2.75, 3.05) is 6.54 Å². The molecule has 0 radical (unpaired) electrons. The average Bonchev–Trinajstić information content (AvgIpc) is 1.35. The van der Waals surface area contributed by atoms with Gasteiger partial charge in [0, 0.05) is 6.54 Å². The zero-order valence-corrected chi connectivity index (χ0v) is 7.06. The molecular weight excluding hydrogens is 123 g/mol. The lowest BCUT2D eigenvalue weighted by atomic mass is 10.1. The van der Waals surface area contributed by atoms with Crippen LogP contribution in [0.25, 0.3) is 0 Å². The molecule has 0 rings (SSSR count). The molecule has 0 aliphatic carbocycles. The Kier molecular flexibility index (Phi) is 10.7. The second-order valence-corrected chi connectivity index (χ2v) is 2.02. The van der Waals surface area contributed by atoms with Crippen molar-refractivity contribution in [3.63, 3.8) is 0 Å². The first-order valence-electron chi connectivity index (χ1n) is 1.99. The molecule has 0 saturated carbocycles.